The minimum atomic E-state index is -0.113. The first-order valence-corrected chi connectivity index (χ1v) is 8.71. The quantitative estimate of drug-likeness (QED) is 0.730. The second-order valence-corrected chi connectivity index (χ2v) is 6.27. The van der Waals surface area contributed by atoms with Crippen molar-refractivity contribution >= 4 is 17.7 Å². The summed E-state index contributed by atoms with van der Waals surface area (Å²) < 4.78 is 11.0. The molecule has 1 aliphatic rings. The van der Waals surface area contributed by atoms with E-state index in [0.29, 0.717) is 17.9 Å². The molecule has 0 saturated carbocycles. The third-order valence-corrected chi connectivity index (χ3v) is 4.45. The van der Waals surface area contributed by atoms with Crippen LogP contribution in [0.4, 0.5) is 0 Å². The third kappa shape index (κ3) is 3.70. The number of rotatable bonds is 5. The standard InChI is InChI=1S/C23H19NO3/c1-26-19-11-12-20-21(14-19)23(25)24-22(20)13-16-7-9-18(10-8-16)27-15-17-5-3-2-4-6-17/h2-14H,15H2,1H3,(H,24,25)/b22-13-. The van der Waals surface area contributed by atoms with Crippen molar-refractivity contribution in [1.82, 2.24) is 5.32 Å². The number of hydrogen-bond acceptors (Lipinski definition) is 3. The smallest absolute Gasteiger partial charge is 0.256 e. The Balaban J connectivity index is 1.50. The highest BCUT2D eigenvalue weighted by molar-refractivity contribution is 6.12. The normalized spacial score (nSPS) is 14.0. The van der Waals surface area contributed by atoms with Gasteiger partial charge in [0, 0.05) is 11.3 Å². The molecular weight excluding hydrogens is 338 g/mol. The van der Waals surface area contributed by atoms with Gasteiger partial charge in [0.1, 0.15) is 18.1 Å². The number of benzene rings is 3. The number of hydrogen-bond donors (Lipinski definition) is 1. The summed E-state index contributed by atoms with van der Waals surface area (Å²) in [5, 5.41) is 2.92. The van der Waals surface area contributed by atoms with Gasteiger partial charge in [-0.15, -0.1) is 0 Å². The Morgan fingerprint density at radius 3 is 2.37 bits per heavy atom. The van der Waals surface area contributed by atoms with Crippen molar-refractivity contribution < 1.29 is 14.3 Å². The van der Waals surface area contributed by atoms with Crippen LogP contribution in [0.25, 0.3) is 11.8 Å². The summed E-state index contributed by atoms with van der Waals surface area (Å²) in [6, 6.07) is 23.4. The van der Waals surface area contributed by atoms with Crippen LogP contribution in [-0.2, 0) is 6.61 Å². The zero-order valence-corrected chi connectivity index (χ0v) is 14.9. The molecule has 0 aromatic heterocycles. The molecule has 0 fully saturated rings. The van der Waals surface area contributed by atoms with Gasteiger partial charge >= 0.3 is 0 Å². The van der Waals surface area contributed by atoms with Crippen LogP contribution in [0.15, 0.2) is 72.8 Å². The Morgan fingerprint density at radius 2 is 1.63 bits per heavy atom. The predicted molar refractivity (Wildman–Crippen MR) is 106 cm³/mol. The van der Waals surface area contributed by atoms with Gasteiger partial charge in [-0.05, 0) is 47.5 Å². The first kappa shape index (κ1) is 16.9. The minimum absolute atomic E-state index is 0.113. The second-order valence-electron chi connectivity index (χ2n) is 6.27. The summed E-state index contributed by atoms with van der Waals surface area (Å²) >= 11 is 0. The van der Waals surface area contributed by atoms with Crippen LogP contribution in [0.1, 0.15) is 27.0 Å². The Bertz CT molecular complexity index is 992. The Labute approximate surface area is 158 Å². The van der Waals surface area contributed by atoms with E-state index in [4.69, 9.17) is 9.47 Å². The van der Waals surface area contributed by atoms with Crippen molar-refractivity contribution in [3.63, 3.8) is 0 Å². The lowest BCUT2D eigenvalue weighted by molar-refractivity contribution is 0.0981. The minimum Gasteiger partial charge on any atom is -0.497 e. The zero-order chi connectivity index (χ0) is 18.6. The van der Waals surface area contributed by atoms with Crippen LogP contribution in [-0.4, -0.2) is 13.0 Å². The second kappa shape index (κ2) is 7.38. The Hall–Kier alpha value is -3.53. The average molecular weight is 357 g/mol. The number of carbonyl (C=O) groups excluding carboxylic acids is 1. The number of amides is 1. The summed E-state index contributed by atoms with van der Waals surface area (Å²) in [7, 11) is 1.59. The molecular formula is C23H19NO3. The van der Waals surface area contributed by atoms with E-state index in [1.54, 1.807) is 13.2 Å². The van der Waals surface area contributed by atoms with Gasteiger partial charge in [0.15, 0.2) is 0 Å². The first-order chi connectivity index (χ1) is 13.2. The van der Waals surface area contributed by atoms with Gasteiger partial charge in [-0.2, -0.15) is 0 Å². The maximum Gasteiger partial charge on any atom is 0.256 e. The zero-order valence-electron chi connectivity index (χ0n) is 14.9. The molecule has 0 spiro atoms. The largest absolute Gasteiger partial charge is 0.497 e. The van der Waals surface area contributed by atoms with Crippen molar-refractivity contribution in [3.8, 4) is 11.5 Å². The van der Waals surface area contributed by atoms with Crippen LogP contribution < -0.4 is 14.8 Å². The molecule has 0 radical (unpaired) electrons. The molecule has 1 N–H and O–H groups in total. The van der Waals surface area contributed by atoms with E-state index in [1.807, 2.05) is 72.8 Å². The fourth-order valence-electron chi connectivity index (χ4n) is 3.01. The van der Waals surface area contributed by atoms with Crippen molar-refractivity contribution in [1.29, 1.82) is 0 Å². The molecule has 4 heteroatoms. The van der Waals surface area contributed by atoms with E-state index in [0.717, 1.165) is 28.1 Å². The lowest BCUT2D eigenvalue weighted by Crippen LogP contribution is -2.12. The molecule has 0 atom stereocenters. The number of methoxy groups -OCH3 is 1. The maximum atomic E-state index is 12.2. The maximum absolute atomic E-state index is 12.2. The lowest BCUT2D eigenvalue weighted by Gasteiger charge is -2.07. The number of carbonyl (C=O) groups is 1. The number of fused-ring (bicyclic) bond motifs is 1. The molecule has 27 heavy (non-hydrogen) atoms. The lowest BCUT2D eigenvalue weighted by atomic mass is 10.1. The van der Waals surface area contributed by atoms with E-state index < -0.39 is 0 Å². The van der Waals surface area contributed by atoms with E-state index in [2.05, 4.69) is 5.32 Å². The predicted octanol–water partition coefficient (Wildman–Crippen LogP) is 4.52. The molecule has 1 heterocycles. The van der Waals surface area contributed by atoms with Crippen molar-refractivity contribution in [3.05, 3.63) is 95.1 Å². The molecule has 134 valence electrons. The fraction of sp³-hybridized carbons (Fsp3) is 0.0870. The van der Waals surface area contributed by atoms with Crippen LogP contribution in [0.5, 0.6) is 11.5 Å². The number of nitrogens with one attached hydrogen (secondary N) is 1. The molecule has 3 aromatic rings. The van der Waals surface area contributed by atoms with Gasteiger partial charge in [-0.25, -0.2) is 0 Å². The van der Waals surface area contributed by atoms with Crippen LogP contribution in [0.3, 0.4) is 0 Å². The van der Waals surface area contributed by atoms with Crippen LogP contribution >= 0.6 is 0 Å². The summed E-state index contributed by atoms with van der Waals surface area (Å²) in [4.78, 5) is 12.2. The van der Waals surface area contributed by atoms with Crippen molar-refractivity contribution in [2.75, 3.05) is 7.11 Å². The van der Waals surface area contributed by atoms with Crippen molar-refractivity contribution in [2.45, 2.75) is 6.61 Å². The molecule has 4 rings (SSSR count). The van der Waals surface area contributed by atoms with Crippen LogP contribution in [0, 0.1) is 0 Å². The highest BCUT2D eigenvalue weighted by atomic mass is 16.5. The van der Waals surface area contributed by atoms with Gasteiger partial charge in [0.2, 0.25) is 0 Å². The topological polar surface area (TPSA) is 47.6 Å². The molecule has 3 aromatic carbocycles. The molecule has 0 saturated heterocycles. The highest BCUT2D eigenvalue weighted by Gasteiger charge is 2.23. The van der Waals surface area contributed by atoms with E-state index in [-0.39, 0.29) is 5.91 Å². The highest BCUT2D eigenvalue weighted by Crippen LogP contribution is 2.29. The van der Waals surface area contributed by atoms with E-state index in [1.165, 1.54) is 0 Å². The fourth-order valence-corrected chi connectivity index (χ4v) is 3.01. The Kier molecular flexibility index (Phi) is 4.62. The molecule has 1 aliphatic heterocycles. The summed E-state index contributed by atoms with van der Waals surface area (Å²) in [6.07, 6.45) is 1.96. The van der Waals surface area contributed by atoms with E-state index >= 15 is 0 Å². The summed E-state index contributed by atoms with van der Waals surface area (Å²) in [5.74, 6) is 1.37. The van der Waals surface area contributed by atoms with Crippen LogP contribution in [0.2, 0.25) is 0 Å². The third-order valence-electron chi connectivity index (χ3n) is 4.45. The molecule has 0 unspecified atom stereocenters. The molecule has 0 aliphatic carbocycles. The summed E-state index contributed by atoms with van der Waals surface area (Å²) in [6.45, 7) is 0.534. The molecule has 4 nitrogen and oxygen atoms in total. The van der Waals surface area contributed by atoms with Gasteiger partial charge in [-0.1, -0.05) is 42.5 Å². The molecule has 0 bridgehead atoms. The molecule has 1 amide bonds. The van der Waals surface area contributed by atoms with Crippen molar-refractivity contribution in [2.24, 2.45) is 0 Å². The average Bonchev–Trinajstić information content (AvgIpc) is 3.03. The van der Waals surface area contributed by atoms with Gasteiger partial charge in [-0.3, -0.25) is 4.79 Å². The Morgan fingerprint density at radius 1 is 0.889 bits per heavy atom. The van der Waals surface area contributed by atoms with Gasteiger partial charge < -0.3 is 14.8 Å². The number of ether oxygens (including phenoxy) is 2. The first-order valence-electron chi connectivity index (χ1n) is 8.71. The monoisotopic (exact) mass is 357 g/mol. The van der Waals surface area contributed by atoms with Gasteiger partial charge in [0.25, 0.3) is 5.91 Å². The van der Waals surface area contributed by atoms with Gasteiger partial charge in [0.05, 0.1) is 12.7 Å². The SMILES string of the molecule is COc1ccc2c(c1)C(=O)N/C2=C\c1ccc(OCc2ccccc2)cc1. The summed E-state index contributed by atoms with van der Waals surface area (Å²) in [5.41, 5.74) is 4.41. The van der Waals surface area contributed by atoms with E-state index in [9.17, 15) is 4.79 Å².